The SMILES string of the molecule is CC1OC(C(Cc2ccccc2)(Cc2ccccc2)C2=NC(c3ccccc3)C(C)O2)=NC1c1ccccc1. The lowest BCUT2D eigenvalue weighted by atomic mass is 9.75. The molecule has 4 heteroatoms. The van der Waals surface area contributed by atoms with Crippen molar-refractivity contribution in [2.75, 3.05) is 0 Å². The van der Waals surface area contributed by atoms with Crippen LogP contribution in [0.3, 0.4) is 0 Å². The fourth-order valence-electron chi connectivity index (χ4n) is 5.81. The summed E-state index contributed by atoms with van der Waals surface area (Å²) in [5.41, 5.74) is 3.99. The van der Waals surface area contributed by atoms with Gasteiger partial charge in [-0.25, -0.2) is 9.98 Å². The van der Waals surface area contributed by atoms with Crippen molar-refractivity contribution >= 4 is 11.8 Å². The van der Waals surface area contributed by atoms with Crippen molar-refractivity contribution in [1.82, 2.24) is 0 Å². The van der Waals surface area contributed by atoms with E-state index >= 15 is 0 Å². The molecule has 4 nitrogen and oxygen atoms in total. The molecule has 2 aliphatic rings. The van der Waals surface area contributed by atoms with Crippen molar-refractivity contribution in [1.29, 1.82) is 0 Å². The molecular formula is C35H34N2O2. The van der Waals surface area contributed by atoms with E-state index in [1.54, 1.807) is 0 Å². The second kappa shape index (κ2) is 10.9. The van der Waals surface area contributed by atoms with E-state index in [1.165, 1.54) is 11.1 Å². The van der Waals surface area contributed by atoms with Crippen molar-refractivity contribution in [3.05, 3.63) is 144 Å². The molecule has 4 atom stereocenters. The second-order valence-electron chi connectivity index (χ2n) is 10.6. The highest BCUT2D eigenvalue weighted by atomic mass is 16.5. The molecule has 2 aliphatic heterocycles. The summed E-state index contributed by atoms with van der Waals surface area (Å²) in [6.07, 6.45) is 1.14. The maximum Gasteiger partial charge on any atom is 0.200 e. The van der Waals surface area contributed by atoms with Gasteiger partial charge in [0.2, 0.25) is 11.8 Å². The molecule has 0 bridgehead atoms. The molecule has 0 aromatic heterocycles. The zero-order valence-electron chi connectivity index (χ0n) is 22.5. The number of benzene rings is 4. The van der Waals surface area contributed by atoms with Crippen LogP contribution >= 0.6 is 0 Å². The molecule has 196 valence electrons. The van der Waals surface area contributed by atoms with Gasteiger partial charge in [-0.15, -0.1) is 0 Å². The van der Waals surface area contributed by atoms with Crippen LogP contribution in [0.2, 0.25) is 0 Å². The van der Waals surface area contributed by atoms with Gasteiger partial charge in [0.25, 0.3) is 0 Å². The highest BCUT2D eigenvalue weighted by Gasteiger charge is 2.51. The van der Waals surface area contributed by atoms with E-state index < -0.39 is 5.41 Å². The van der Waals surface area contributed by atoms with Crippen molar-refractivity contribution < 1.29 is 9.47 Å². The average molecular weight is 515 g/mol. The van der Waals surface area contributed by atoms with E-state index in [2.05, 4.69) is 123 Å². The summed E-state index contributed by atoms with van der Waals surface area (Å²) in [4.78, 5) is 10.6. The fraction of sp³-hybridized carbons (Fsp3) is 0.257. The third kappa shape index (κ3) is 5.12. The summed E-state index contributed by atoms with van der Waals surface area (Å²) in [7, 11) is 0. The van der Waals surface area contributed by atoms with Crippen LogP contribution < -0.4 is 0 Å². The fourth-order valence-corrected chi connectivity index (χ4v) is 5.81. The topological polar surface area (TPSA) is 43.2 Å². The Morgan fingerprint density at radius 3 is 1.21 bits per heavy atom. The Hall–Kier alpha value is -4.18. The Morgan fingerprint density at radius 1 is 0.513 bits per heavy atom. The molecule has 4 aromatic carbocycles. The lowest BCUT2D eigenvalue weighted by molar-refractivity contribution is 0.169. The van der Waals surface area contributed by atoms with Crippen LogP contribution in [0.5, 0.6) is 0 Å². The molecule has 0 amide bonds. The standard InChI is InChI=1S/C35H34N2O2/c1-25-31(29-19-11-5-12-20-29)36-33(38-25)35(23-27-15-7-3-8-16-27,24-28-17-9-4-10-18-28)34-37-32(26(2)39-34)30-21-13-6-14-22-30/h3-22,25-26,31-32H,23-24H2,1-2H3. The Kier molecular flexibility index (Phi) is 7.02. The number of aliphatic imine (C=N–C) groups is 2. The van der Waals surface area contributed by atoms with E-state index in [9.17, 15) is 0 Å². The van der Waals surface area contributed by atoms with Gasteiger partial charge in [0.05, 0.1) is 0 Å². The quantitative estimate of drug-likeness (QED) is 0.243. The minimum Gasteiger partial charge on any atom is -0.475 e. The first-order chi connectivity index (χ1) is 19.1. The third-order valence-corrected chi connectivity index (χ3v) is 7.80. The van der Waals surface area contributed by atoms with Gasteiger partial charge in [0.15, 0.2) is 0 Å². The zero-order chi connectivity index (χ0) is 26.7. The normalized spacial score (nSPS) is 22.5. The van der Waals surface area contributed by atoms with Crippen molar-refractivity contribution in [2.45, 2.75) is 51.0 Å². The van der Waals surface area contributed by atoms with Gasteiger partial charge in [0.1, 0.15) is 29.7 Å². The largest absolute Gasteiger partial charge is 0.475 e. The maximum absolute atomic E-state index is 6.72. The number of hydrogen-bond donors (Lipinski definition) is 0. The molecule has 0 fully saturated rings. The van der Waals surface area contributed by atoms with Gasteiger partial charge in [-0.2, -0.15) is 0 Å². The number of hydrogen-bond acceptors (Lipinski definition) is 4. The summed E-state index contributed by atoms with van der Waals surface area (Å²) in [6, 6.07) is 41.8. The Morgan fingerprint density at radius 2 is 0.846 bits per heavy atom. The van der Waals surface area contributed by atoms with Crippen molar-refractivity contribution in [3.8, 4) is 0 Å². The highest BCUT2D eigenvalue weighted by molar-refractivity contribution is 6.07. The minimum absolute atomic E-state index is 0.0866. The van der Waals surface area contributed by atoms with Crippen LogP contribution in [0.4, 0.5) is 0 Å². The second-order valence-corrected chi connectivity index (χ2v) is 10.6. The minimum atomic E-state index is -0.696. The van der Waals surface area contributed by atoms with Gasteiger partial charge in [-0.05, 0) is 48.9 Å². The zero-order valence-corrected chi connectivity index (χ0v) is 22.5. The Balaban J connectivity index is 1.51. The Bertz CT molecular complexity index is 1320. The molecule has 0 saturated heterocycles. The highest BCUT2D eigenvalue weighted by Crippen LogP contribution is 2.44. The Labute approximate surface area is 231 Å². The number of rotatable bonds is 8. The summed E-state index contributed by atoms with van der Waals surface area (Å²) in [5, 5.41) is 0. The van der Waals surface area contributed by atoms with E-state index in [0.717, 1.165) is 11.1 Å². The molecule has 4 aromatic rings. The van der Waals surface area contributed by atoms with Crippen LogP contribution in [0.1, 0.15) is 48.2 Å². The monoisotopic (exact) mass is 514 g/mol. The van der Waals surface area contributed by atoms with Crippen LogP contribution in [-0.2, 0) is 22.3 Å². The van der Waals surface area contributed by atoms with E-state index in [1.807, 2.05) is 12.1 Å². The molecule has 0 radical (unpaired) electrons. The van der Waals surface area contributed by atoms with Crippen LogP contribution in [0.25, 0.3) is 0 Å². The average Bonchev–Trinajstić information content (AvgIpc) is 3.58. The lowest BCUT2D eigenvalue weighted by Crippen LogP contribution is -2.45. The number of ether oxygens (including phenoxy) is 2. The van der Waals surface area contributed by atoms with Gasteiger partial charge in [-0.3, -0.25) is 0 Å². The molecule has 39 heavy (non-hydrogen) atoms. The van der Waals surface area contributed by atoms with Crippen LogP contribution in [0.15, 0.2) is 131 Å². The molecule has 0 spiro atoms. The smallest absolute Gasteiger partial charge is 0.200 e. The van der Waals surface area contributed by atoms with Gasteiger partial charge in [0, 0.05) is 0 Å². The molecule has 4 unspecified atom stereocenters. The van der Waals surface area contributed by atoms with Crippen LogP contribution in [-0.4, -0.2) is 24.0 Å². The predicted molar refractivity (Wildman–Crippen MR) is 157 cm³/mol. The van der Waals surface area contributed by atoms with Crippen molar-refractivity contribution in [2.24, 2.45) is 15.4 Å². The first-order valence-corrected chi connectivity index (χ1v) is 13.8. The molecule has 0 saturated carbocycles. The summed E-state index contributed by atoms with van der Waals surface area (Å²) >= 11 is 0. The molecule has 2 heterocycles. The molecule has 6 rings (SSSR count). The molecule has 0 aliphatic carbocycles. The summed E-state index contributed by atoms with van der Waals surface area (Å²) < 4.78 is 13.4. The van der Waals surface area contributed by atoms with E-state index in [-0.39, 0.29) is 24.3 Å². The van der Waals surface area contributed by atoms with Crippen molar-refractivity contribution in [3.63, 3.8) is 0 Å². The van der Waals surface area contributed by atoms with E-state index in [4.69, 9.17) is 19.5 Å². The third-order valence-electron chi connectivity index (χ3n) is 7.80. The van der Waals surface area contributed by atoms with Gasteiger partial charge < -0.3 is 9.47 Å². The van der Waals surface area contributed by atoms with E-state index in [0.29, 0.717) is 24.6 Å². The van der Waals surface area contributed by atoms with Gasteiger partial charge >= 0.3 is 0 Å². The van der Waals surface area contributed by atoms with Gasteiger partial charge in [-0.1, -0.05) is 121 Å². The first kappa shape index (κ1) is 25.1. The molecular weight excluding hydrogens is 480 g/mol. The molecule has 0 N–H and O–H groups in total. The first-order valence-electron chi connectivity index (χ1n) is 13.8. The lowest BCUT2D eigenvalue weighted by Gasteiger charge is -2.33. The summed E-state index contributed by atoms with van der Waals surface area (Å²) in [5.74, 6) is 1.41. The predicted octanol–water partition coefficient (Wildman–Crippen LogP) is 7.58. The maximum atomic E-state index is 6.72. The summed E-state index contributed by atoms with van der Waals surface area (Å²) in [6.45, 7) is 4.22. The van der Waals surface area contributed by atoms with Crippen LogP contribution in [0, 0.1) is 5.41 Å². The number of nitrogens with zero attached hydrogens (tertiary/aromatic N) is 2.